The number of thiophene rings is 2. The smallest absolute Gasteiger partial charge is 0.333 e. The summed E-state index contributed by atoms with van der Waals surface area (Å²) in [5.41, 5.74) is 2.75. The second-order valence-electron chi connectivity index (χ2n) is 8.84. The van der Waals surface area contributed by atoms with Crippen LogP contribution in [0.5, 0.6) is 0 Å². The molecule has 0 amide bonds. The van der Waals surface area contributed by atoms with E-state index >= 15 is 0 Å². The summed E-state index contributed by atoms with van der Waals surface area (Å²) in [5.74, 6) is 0.402. The van der Waals surface area contributed by atoms with Gasteiger partial charge in [-0.2, -0.15) is 8.42 Å². The van der Waals surface area contributed by atoms with Crippen LogP contribution in [0.15, 0.2) is 30.0 Å². The van der Waals surface area contributed by atoms with Crippen molar-refractivity contribution in [2.24, 2.45) is 11.1 Å². The number of fused-ring (bicyclic) bond motifs is 1. The van der Waals surface area contributed by atoms with Crippen LogP contribution in [-0.4, -0.2) is 43.4 Å². The predicted molar refractivity (Wildman–Crippen MR) is 134 cm³/mol. The molecule has 3 aromatic rings. The number of nitrogens with one attached hydrogen (secondary N) is 1. The second-order valence-corrected chi connectivity index (χ2v) is 12.3. The molecule has 1 fully saturated rings. The Morgan fingerprint density at radius 3 is 3.06 bits per heavy atom. The van der Waals surface area contributed by atoms with E-state index in [1.807, 2.05) is 13.0 Å². The highest BCUT2D eigenvalue weighted by Gasteiger charge is 2.30. The largest absolute Gasteiger partial charge is 0.368 e. The lowest BCUT2D eigenvalue weighted by molar-refractivity contribution is 0.0727. The van der Waals surface area contributed by atoms with Crippen LogP contribution >= 0.6 is 22.7 Å². The molecule has 1 saturated carbocycles. The fraction of sp³-hybridized carbons (Fsp3) is 0.435. The van der Waals surface area contributed by atoms with Gasteiger partial charge in [0.05, 0.1) is 23.7 Å². The van der Waals surface area contributed by atoms with Crippen LogP contribution in [0.25, 0.3) is 0 Å². The third kappa shape index (κ3) is 5.47. The summed E-state index contributed by atoms with van der Waals surface area (Å²) in [5, 5.41) is 10.4. The lowest BCUT2D eigenvalue weighted by Gasteiger charge is -2.23. The second kappa shape index (κ2) is 10.0. The number of ether oxygens (including phenoxy) is 1. The number of nitrogens with two attached hydrogens (primary N) is 1. The average molecular weight is 535 g/mol. The van der Waals surface area contributed by atoms with E-state index in [0.717, 1.165) is 29.7 Å². The van der Waals surface area contributed by atoms with Crippen molar-refractivity contribution < 1.29 is 22.1 Å². The molecule has 0 bridgehead atoms. The van der Waals surface area contributed by atoms with Gasteiger partial charge >= 0.3 is 10.3 Å². The lowest BCUT2D eigenvalue weighted by atomic mass is 10.0. The van der Waals surface area contributed by atoms with Gasteiger partial charge in [-0.3, -0.25) is 8.98 Å². The number of ketones is 1. The van der Waals surface area contributed by atoms with Crippen LogP contribution in [0.2, 0.25) is 0 Å². The lowest BCUT2D eigenvalue weighted by Crippen LogP contribution is -2.22. The molecule has 0 aromatic carbocycles. The van der Waals surface area contributed by atoms with Crippen molar-refractivity contribution in [3.8, 4) is 0 Å². The van der Waals surface area contributed by atoms with Gasteiger partial charge in [0.25, 0.3) is 0 Å². The number of hydrogen-bond acceptors (Lipinski definition) is 10. The van der Waals surface area contributed by atoms with Crippen molar-refractivity contribution in [3.63, 3.8) is 0 Å². The Hall–Kier alpha value is -2.22. The fourth-order valence-electron chi connectivity index (χ4n) is 4.73. The van der Waals surface area contributed by atoms with E-state index in [-0.39, 0.29) is 30.5 Å². The number of carbonyl (C=O) groups is 1. The topological polar surface area (TPSA) is 133 Å². The van der Waals surface area contributed by atoms with Gasteiger partial charge in [-0.1, -0.05) is 0 Å². The molecule has 0 radical (unpaired) electrons. The van der Waals surface area contributed by atoms with E-state index in [1.54, 1.807) is 11.3 Å². The minimum absolute atomic E-state index is 0.0408. The predicted octanol–water partition coefficient (Wildman–Crippen LogP) is 3.60. The highest BCUT2D eigenvalue weighted by Crippen LogP contribution is 2.40. The molecular weight excluding hydrogens is 508 g/mol. The van der Waals surface area contributed by atoms with Crippen molar-refractivity contribution in [2.75, 3.05) is 18.5 Å². The zero-order chi connectivity index (χ0) is 24.6. The summed E-state index contributed by atoms with van der Waals surface area (Å²) in [6, 6.07) is 4.13. The van der Waals surface area contributed by atoms with Gasteiger partial charge in [-0.25, -0.2) is 15.1 Å². The fourth-order valence-corrected chi connectivity index (χ4v) is 7.13. The van der Waals surface area contributed by atoms with Crippen molar-refractivity contribution in [2.45, 2.75) is 44.8 Å². The molecule has 3 aromatic heterocycles. The van der Waals surface area contributed by atoms with E-state index in [1.165, 1.54) is 34.3 Å². The van der Waals surface area contributed by atoms with E-state index in [2.05, 4.69) is 26.7 Å². The summed E-state index contributed by atoms with van der Waals surface area (Å²) >= 11 is 3.15. The molecule has 186 valence electrons. The Bertz CT molecular complexity index is 1340. The number of aromatic nitrogens is 2. The maximum atomic E-state index is 13.5. The summed E-state index contributed by atoms with van der Waals surface area (Å²) in [6.07, 6.45) is 6.01. The van der Waals surface area contributed by atoms with Crippen LogP contribution in [0.4, 0.5) is 5.82 Å². The maximum absolute atomic E-state index is 13.5. The molecule has 3 atom stereocenters. The van der Waals surface area contributed by atoms with Gasteiger partial charge in [-0.15, -0.1) is 22.7 Å². The van der Waals surface area contributed by atoms with E-state index in [9.17, 15) is 13.2 Å². The molecule has 1 unspecified atom stereocenters. The molecule has 0 spiro atoms. The first-order valence-corrected chi connectivity index (χ1v) is 14.5. The average Bonchev–Trinajstić information content (AvgIpc) is 3.57. The first-order chi connectivity index (χ1) is 16.8. The quantitative estimate of drug-likeness (QED) is 0.419. The highest BCUT2D eigenvalue weighted by molar-refractivity contribution is 7.84. The van der Waals surface area contributed by atoms with Gasteiger partial charge in [0.15, 0.2) is 0 Å². The van der Waals surface area contributed by atoms with E-state index in [4.69, 9.17) is 14.1 Å². The first-order valence-electron chi connectivity index (χ1n) is 11.3. The minimum Gasteiger partial charge on any atom is -0.368 e. The maximum Gasteiger partial charge on any atom is 0.333 e. The van der Waals surface area contributed by atoms with Crippen LogP contribution in [0.1, 0.15) is 61.5 Å². The minimum atomic E-state index is -3.95. The third-order valence-electron chi connectivity index (χ3n) is 6.44. The molecule has 1 aliphatic heterocycles. The third-order valence-corrected chi connectivity index (χ3v) is 8.98. The number of aryl methyl sites for hydroxylation is 1. The molecule has 3 N–H and O–H groups in total. The zero-order valence-electron chi connectivity index (χ0n) is 19.1. The van der Waals surface area contributed by atoms with E-state index in [0.29, 0.717) is 29.3 Å². The Kier molecular flexibility index (Phi) is 7.02. The Morgan fingerprint density at radius 2 is 2.23 bits per heavy atom. The molecule has 0 saturated heterocycles. The van der Waals surface area contributed by atoms with Crippen LogP contribution < -0.4 is 10.5 Å². The molecule has 2 aliphatic rings. The standard InChI is InChI=1S/C23H26N4O5S3/c1-13-17(21-22-15(4-6-31-21)5-7-33-22)9-19(34-13)20(28)18-10-25-12-26-23(18)27-16-3-2-14(8-16)11-32-35(24,29)30/h5,7,9-10,12,14,16,21H,2-4,6,8,11H2,1H3,(H2,24,29,30)(H,25,26,27)/t14-,16+,21?/m1/s1. The molecule has 1 aliphatic carbocycles. The van der Waals surface area contributed by atoms with Crippen LogP contribution in [-0.2, 0) is 25.6 Å². The first kappa shape index (κ1) is 24.5. The SMILES string of the molecule is Cc1sc(C(=O)c2cncnc2N[C@H]2CC[C@@H](COS(N)(=O)=O)C2)cc1C1OCCc2ccsc21. The number of carbonyl (C=O) groups excluding carboxylic acids is 1. The Morgan fingerprint density at radius 1 is 1.37 bits per heavy atom. The summed E-state index contributed by atoms with van der Waals surface area (Å²) in [7, 11) is -3.95. The molecule has 5 rings (SSSR count). The van der Waals surface area contributed by atoms with Crippen molar-refractivity contribution >= 4 is 44.6 Å². The van der Waals surface area contributed by atoms with Gasteiger partial charge in [0.1, 0.15) is 18.2 Å². The van der Waals surface area contributed by atoms with E-state index < -0.39 is 10.3 Å². The Labute approximate surface area is 212 Å². The molecular formula is C23H26N4O5S3. The summed E-state index contributed by atoms with van der Waals surface area (Å²) in [6.45, 7) is 2.74. The summed E-state index contributed by atoms with van der Waals surface area (Å²) in [4.78, 5) is 24.8. The molecule has 9 nitrogen and oxygen atoms in total. The van der Waals surface area contributed by atoms with Gasteiger partial charge in [0.2, 0.25) is 5.78 Å². The Balaban J connectivity index is 1.32. The number of hydrogen-bond donors (Lipinski definition) is 2. The zero-order valence-corrected chi connectivity index (χ0v) is 21.5. The number of anilines is 1. The summed E-state index contributed by atoms with van der Waals surface area (Å²) < 4.78 is 33.0. The number of nitrogens with zero attached hydrogens (tertiary/aromatic N) is 2. The highest BCUT2D eigenvalue weighted by atomic mass is 32.2. The van der Waals surface area contributed by atoms with Crippen LogP contribution in [0, 0.1) is 12.8 Å². The van der Waals surface area contributed by atoms with Gasteiger partial charge in [-0.05, 0) is 61.6 Å². The molecule has 12 heteroatoms. The molecule has 4 heterocycles. The normalized spacial score (nSPS) is 22.2. The van der Waals surface area contributed by atoms with Crippen LogP contribution in [0.3, 0.4) is 0 Å². The van der Waals surface area contributed by atoms with Crippen molar-refractivity contribution in [1.29, 1.82) is 0 Å². The van der Waals surface area contributed by atoms with Gasteiger partial charge in [0, 0.05) is 27.6 Å². The molecule has 35 heavy (non-hydrogen) atoms. The van der Waals surface area contributed by atoms with Crippen molar-refractivity contribution in [3.05, 3.63) is 61.4 Å². The van der Waals surface area contributed by atoms with Gasteiger partial charge < -0.3 is 10.1 Å². The number of rotatable bonds is 8. The monoisotopic (exact) mass is 534 g/mol. The van der Waals surface area contributed by atoms with Crippen molar-refractivity contribution in [1.82, 2.24) is 9.97 Å².